The van der Waals surface area contributed by atoms with E-state index in [1.807, 2.05) is 31.3 Å². The van der Waals surface area contributed by atoms with Gasteiger partial charge < -0.3 is 9.51 Å². The maximum Gasteiger partial charge on any atom is 0.243 e. The largest absolute Gasteiger partial charge is 0.342 e. The summed E-state index contributed by atoms with van der Waals surface area (Å²) in [7, 11) is 0. The summed E-state index contributed by atoms with van der Waals surface area (Å²) in [5.74, 6) is 2.85. The highest BCUT2D eigenvalue weighted by atomic mass is 16.5. The van der Waals surface area contributed by atoms with E-state index >= 15 is 0 Å². The summed E-state index contributed by atoms with van der Waals surface area (Å²) in [5, 5.41) is 3.92. The van der Waals surface area contributed by atoms with E-state index in [1.165, 1.54) is 5.56 Å². The molecule has 25 heavy (non-hydrogen) atoms. The average molecular weight is 337 g/mol. The van der Waals surface area contributed by atoms with Crippen LogP contribution in [0.25, 0.3) is 11.3 Å². The first-order valence-corrected chi connectivity index (χ1v) is 8.85. The van der Waals surface area contributed by atoms with Crippen LogP contribution in [0, 0.1) is 6.92 Å². The van der Waals surface area contributed by atoms with Crippen molar-refractivity contribution >= 4 is 0 Å². The van der Waals surface area contributed by atoms with E-state index in [1.54, 1.807) is 0 Å². The van der Waals surface area contributed by atoms with Crippen LogP contribution in [0.4, 0.5) is 0 Å². The van der Waals surface area contributed by atoms with Crippen molar-refractivity contribution in [3.63, 3.8) is 0 Å². The van der Waals surface area contributed by atoms with Crippen LogP contribution in [0.3, 0.4) is 0 Å². The number of piperidine rings is 1. The van der Waals surface area contributed by atoms with Gasteiger partial charge in [-0.25, -0.2) is 4.98 Å². The third-order valence-electron chi connectivity index (χ3n) is 4.97. The van der Waals surface area contributed by atoms with Crippen LogP contribution in [-0.4, -0.2) is 38.1 Å². The van der Waals surface area contributed by atoms with Gasteiger partial charge in [-0.15, -0.1) is 0 Å². The number of nitrogens with zero attached hydrogens (tertiary/aromatic N) is 4. The summed E-state index contributed by atoms with van der Waals surface area (Å²) in [4.78, 5) is 15.0. The minimum atomic E-state index is 0.132. The normalized spacial score (nSPS) is 19.8. The minimum absolute atomic E-state index is 0.132. The molecule has 0 saturated carbocycles. The number of hydrogen-bond donors (Lipinski definition) is 1. The molecule has 0 bridgehead atoms. The van der Waals surface area contributed by atoms with E-state index in [0.29, 0.717) is 17.6 Å². The Morgan fingerprint density at radius 3 is 2.88 bits per heavy atom. The molecule has 0 unspecified atom stereocenters. The number of H-pyrrole nitrogens is 1. The standard InChI is InChI=1S/C19H23N5O/c1-13(19-21-14(2)23-25-19)24-10-6-9-16(12-24)18-20-11-17(22-18)15-7-4-3-5-8-15/h3-5,7-8,11,13,16H,6,9-10,12H2,1-2H3,(H,20,22)/t13-,16+/m1/s1. The lowest BCUT2D eigenvalue weighted by Crippen LogP contribution is -2.36. The van der Waals surface area contributed by atoms with E-state index in [4.69, 9.17) is 4.52 Å². The van der Waals surface area contributed by atoms with Crippen LogP contribution in [0.1, 0.15) is 49.3 Å². The Bertz CT molecular complexity index is 825. The monoisotopic (exact) mass is 337 g/mol. The van der Waals surface area contributed by atoms with Gasteiger partial charge >= 0.3 is 0 Å². The van der Waals surface area contributed by atoms with Gasteiger partial charge in [-0.05, 0) is 38.8 Å². The molecule has 6 nitrogen and oxygen atoms in total. The number of hydrogen-bond acceptors (Lipinski definition) is 5. The molecular formula is C19H23N5O. The van der Waals surface area contributed by atoms with Crippen molar-refractivity contribution in [2.75, 3.05) is 13.1 Å². The summed E-state index contributed by atoms with van der Waals surface area (Å²) < 4.78 is 5.36. The Hall–Kier alpha value is -2.47. The summed E-state index contributed by atoms with van der Waals surface area (Å²) in [6, 6.07) is 10.5. The Kier molecular flexibility index (Phi) is 4.36. The van der Waals surface area contributed by atoms with Gasteiger partial charge in [-0.2, -0.15) is 4.98 Å². The van der Waals surface area contributed by atoms with Crippen molar-refractivity contribution in [1.29, 1.82) is 0 Å². The minimum Gasteiger partial charge on any atom is -0.342 e. The first-order chi connectivity index (χ1) is 12.2. The van der Waals surface area contributed by atoms with E-state index < -0.39 is 0 Å². The molecule has 6 heteroatoms. The van der Waals surface area contributed by atoms with Gasteiger partial charge in [0, 0.05) is 12.5 Å². The van der Waals surface area contributed by atoms with Gasteiger partial charge in [0.1, 0.15) is 5.82 Å². The Labute approximate surface area is 147 Å². The third kappa shape index (κ3) is 3.35. The van der Waals surface area contributed by atoms with Crippen LogP contribution in [0.2, 0.25) is 0 Å². The van der Waals surface area contributed by atoms with Gasteiger partial charge in [0.2, 0.25) is 5.89 Å². The van der Waals surface area contributed by atoms with Crippen molar-refractivity contribution in [3.05, 3.63) is 54.1 Å². The highest BCUT2D eigenvalue weighted by Crippen LogP contribution is 2.31. The Morgan fingerprint density at radius 2 is 2.12 bits per heavy atom. The van der Waals surface area contributed by atoms with E-state index in [2.05, 4.69) is 44.1 Å². The summed E-state index contributed by atoms with van der Waals surface area (Å²) >= 11 is 0. The lowest BCUT2D eigenvalue weighted by Gasteiger charge is -2.34. The lowest BCUT2D eigenvalue weighted by atomic mass is 9.96. The number of benzene rings is 1. The van der Waals surface area contributed by atoms with Gasteiger partial charge in [0.15, 0.2) is 5.82 Å². The molecule has 0 radical (unpaired) electrons. The molecule has 4 rings (SSSR count). The summed E-state index contributed by atoms with van der Waals surface area (Å²) in [6.45, 7) is 5.98. The molecule has 1 N–H and O–H groups in total. The average Bonchev–Trinajstić information content (AvgIpc) is 3.31. The second-order valence-electron chi connectivity index (χ2n) is 6.74. The smallest absolute Gasteiger partial charge is 0.243 e. The zero-order valence-corrected chi connectivity index (χ0v) is 14.6. The Morgan fingerprint density at radius 1 is 1.28 bits per heavy atom. The SMILES string of the molecule is Cc1noc([C@@H](C)N2CCC[C@H](c3ncc(-c4ccccc4)[nH]3)C2)n1. The Balaban J connectivity index is 1.49. The molecule has 2 atom stereocenters. The number of rotatable bonds is 4. The molecule has 3 heterocycles. The van der Waals surface area contributed by atoms with Crippen molar-refractivity contribution in [2.24, 2.45) is 0 Å². The fourth-order valence-corrected chi connectivity index (χ4v) is 3.53. The third-order valence-corrected chi connectivity index (χ3v) is 4.97. The molecule has 1 aliphatic rings. The molecule has 1 saturated heterocycles. The van der Waals surface area contributed by atoms with Crippen LogP contribution in [0.15, 0.2) is 41.1 Å². The molecule has 2 aromatic heterocycles. The predicted molar refractivity (Wildman–Crippen MR) is 95.0 cm³/mol. The summed E-state index contributed by atoms with van der Waals surface area (Å²) in [6.07, 6.45) is 4.23. The highest BCUT2D eigenvalue weighted by Gasteiger charge is 2.29. The molecule has 1 aromatic carbocycles. The number of aryl methyl sites for hydroxylation is 1. The maximum absolute atomic E-state index is 5.36. The van der Waals surface area contributed by atoms with Crippen molar-refractivity contribution < 1.29 is 4.52 Å². The number of nitrogens with one attached hydrogen (secondary N) is 1. The molecule has 3 aromatic rings. The molecule has 1 fully saturated rings. The zero-order valence-electron chi connectivity index (χ0n) is 14.6. The fourth-order valence-electron chi connectivity index (χ4n) is 3.53. The van der Waals surface area contributed by atoms with Gasteiger partial charge in [-0.1, -0.05) is 35.5 Å². The molecular weight excluding hydrogens is 314 g/mol. The fraction of sp³-hybridized carbons (Fsp3) is 0.421. The maximum atomic E-state index is 5.36. The highest BCUT2D eigenvalue weighted by molar-refractivity contribution is 5.58. The first kappa shape index (κ1) is 16.0. The molecule has 130 valence electrons. The predicted octanol–water partition coefficient (Wildman–Crippen LogP) is 3.71. The van der Waals surface area contributed by atoms with Crippen molar-refractivity contribution in [3.8, 4) is 11.3 Å². The molecule has 0 amide bonds. The molecule has 0 aliphatic carbocycles. The van der Waals surface area contributed by atoms with Crippen LogP contribution < -0.4 is 0 Å². The lowest BCUT2D eigenvalue weighted by molar-refractivity contribution is 0.131. The quantitative estimate of drug-likeness (QED) is 0.786. The van der Waals surface area contributed by atoms with Gasteiger partial charge in [0.25, 0.3) is 0 Å². The zero-order chi connectivity index (χ0) is 17.2. The van der Waals surface area contributed by atoms with Crippen molar-refractivity contribution in [1.82, 2.24) is 25.0 Å². The van der Waals surface area contributed by atoms with E-state index in [-0.39, 0.29) is 6.04 Å². The second-order valence-corrected chi connectivity index (χ2v) is 6.74. The van der Waals surface area contributed by atoms with Gasteiger partial charge in [-0.3, -0.25) is 4.90 Å². The van der Waals surface area contributed by atoms with E-state index in [9.17, 15) is 0 Å². The summed E-state index contributed by atoms with van der Waals surface area (Å²) in [5.41, 5.74) is 2.25. The van der Waals surface area contributed by atoms with E-state index in [0.717, 1.165) is 37.4 Å². The van der Waals surface area contributed by atoms with Crippen LogP contribution >= 0.6 is 0 Å². The van der Waals surface area contributed by atoms with Crippen LogP contribution in [-0.2, 0) is 0 Å². The number of aromatic nitrogens is 4. The first-order valence-electron chi connectivity index (χ1n) is 8.85. The second kappa shape index (κ2) is 6.80. The van der Waals surface area contributed by atoms with Gasteiger partial charge in [0.05, 0.1) is 17.9 Å². The number of aromatic amines is 1. The van der Waals surface area contributed by atoms with Crippen LogP contribution in [0.5, 0.6) is 0 Å². The topological polar surface area (TPSA) is 70.8 Å². The number of likely N-dealkylation sites (tertiary alicyclic amines) is 1. The molecule has 1 aliphatic heterocycles. The number of imidazole rings is 1. The van der Waals surface area contributed by atoms with Crippen molar-refractivity contribution in [2.45, 2.75) is 38.6 Å². The molecule has 0 spiro atoms.